The number of benzene rings is 5. The maximum atomic E-state index is 2.49. The molecule has 5 aromatic carbocycles. The molecular weight excluding hydrogens is 456 g/mol. The number of allylic oxidation sites excluding steroid dienone is 1. The third-order valence-electron chi connectivity index (χ3n) is 8.92. The highest BCUT2D eigenvalue weighted by molar-refractivity contribution is 5.82. The van der Waals surface area contributed by atoms with E-state index in [-0.39, 0.29) is 17.3 Å². The molecule has 2 aliphatic carbocycles. The Bertz CT molecular complexity index is 1600. The van der Waals surface area contributed by atoms with Crippen molar-refractivity contribution in [3.05, 3.63) is 171 Å². The van der Waals surface area contributed by atoms with E-state index in [0.29, 0.717) is 0 Å². The van der Waals surface area contributed by atoms with E-state index in [1.807, 2.05) is 0 Å². The van der Waals surface area contributed by atoms with Crippen molar-refractivity contribution in [2.45, 2.75) is 38.0 Å². The van der Waals surface area contributed by atoms with Gasteiger partial charge in [-0.15, -0.1) is 0 Å². The molecule has 0 saturated heterocycles. The summed E-state index contributed by atoms with van der Waals surface area (Å²) in [6.45, 7) is 6.70. The van der Waals surface area contributed by atoms with Crippen LogP contribution in [0.25, 0.3) is 17.2 Å². The molecule has 0 heteroatoms. The highest BCUT2D eigenvalue weighted by Gasteiger charge is 2.53. The van der Waals surface area contributed by atoms with Gasteiger partial charge in [0, 0.05) is 17.3 Å². The van der Waals surface area contributed by atoms with Crippen molar-refractivity contribution in [2.75, 3.05) is 0 Å². The molecule has 0 heterocycles. The lowest BCUT2D eigenvalue weighted by Crippen LogP contribution is -2.40. The summed E-state index contributed by atoms with van der Waals surface area (Å²) in [4.78, 5) is 0. The van der Waals surface area contributed by atoms with Gasteiger partial charge >= 0.3 is 0 Å². The van der Waals surface area contributed by atoms with Crippen molar-refractivity contribution < 1.29 is 0 Å². The third kappa shape index (κ3) is 3.23. The molecule has 0 bridgehead atoms. The van der Waals surface area contributed by atoms with Gasteiger partial charge < -0.3 is 0 Å². The Hall–Kier alpha value is -4.16. The minimum absolute atomic E-state index is 0.165. The van der Waals surface area contributed by atoms with E-state index in [9.17, 15) is 0 Å². The minimum atomic E-state index is -0.334. The van der Waals surface area contributed by atoms with Crippen molar-refractivity contribution >= 4 is 6.08 Å². The molecule has 0 saturated carbocycles. The molecule has 0 fully saturated rings. The van der Waals surface area contributed by atoms with Crippen LogP contribution in [0.5, 0.6) is 0 Å². The summed E-state index contributed by atoms with van der Waals surface area (Å²) >= 11 is 0. The fourth-order valence-electron chi connectivity index (χ4n) is 7.35. The maximum Gasteiger partial charge on any atom is 0.0415 e. The van der Waals surface area contributed by atoms with E-state index in [0.717, 1.165) is 0 Å². The molecule has 0 amide bonds. The van der Waals surface area contributed by atoms with Gasteiger partial charge in [0.15, 0.2) is 0 Å². The van der Waals surface area contributed by atoms with Crippen LogP contribution in [0.2, 0.25) is 0 Å². The van der Waals surface area contributed by atoms with Crippen LogP contribution in [-0.4, -0.2) is 0 Å². The zero-order valence-electron chi connectivity index (χ0n) is 22.3. The van der Waals surface area contributed by atoms with E-state index >= 15 is 0 Å². The topological polar surface area (TPSA) is 0 Å². The average molecular weight is 489 g/mol. The Kier molecular flexibility index (Phi) is 5.27. The Morgan fingerprint density at radius 3 is 1.63 bits per heavy atom. The predicted molar refractivity (Wildman–Crippen MR) is 160 cm³/mol. The first-order valence-corrected chi connectivity index (χ1v) is 13.7. The van der Waals surface area contributed by atoms with Crippen molar-refractivity contribution in [1.29, 1.82) is 0 Å². The first-order valence-electron chi connectivity index (χ1n) is 13.7. The molecule has 38 heavy (non-hydrogen) atoms. The van der Waals surface area contributed by atoms with Gasteiger partial charge in [0.05, 0.1) is 0 Å². The van der Waals surface area contributed by atoms with E-state index in [1.165, 1.54) is 61.2 Å². The van der Waals surface area contributed by atoms with Gasteiger partial charge in [0.25, 0.3) is 0 Å². The SMILES string of the molecule is Cc1ccc2c(c1)C(C(c1ccccc1)(c1ccccc1)C1C=Cc3c(C)cccc31)c1cc(C)ccc1-2. The predicted octanol–water partition coefficient (Wildman–Crippen LogP) is 9.52. The molecule has 5 aromatic rings. The number of rotatable bonds is 4. The summed E-state index contributed by atoms with van der Waals surface area (Å²) in [5, 5.41) is 0. The van der Waals surface area contributed by atoms with Gasteiger partial charge in [0.1, 0.15) is 0 Å². The molecule has 184 valence electrons. The van der Waals surface area contributed by atoms with Crippen molar-refractivity contribution in [1.82, 2.24) is 0 Å². The van der Waals surface area contributed by atoms with Crippen molar-refractivity contribution in [3.8, 4) is 11.1 Å². The molecule has 0 aliphatic heterocycles. The molecule has 0 spiro atoms. The highest BCUT2D eigenvalue weighted by Crippen LogP contribution is 2.63. The Morgan fingerprint density at radius 2 is 1.08 bits per heavy atom. The zero-order valence-corrected chi connectivity index (χ0v) is 22.3. The zero-order chi connectivity index (χ0) is 25.9. The van der Waals surface area contributed by atoms with Crippen LogP contribution in [-0.2, 0) is 5.41 Å². The Balaban J connectivity index is 1.65. The maximum absolute atomic E-state index is 2.49. The Labute approximate surface area is 226 Å². The molecule has 7 rings (SSSR count). The molecule has 0 aromatic heterocycles. The molecule has 1 unspecified atom stereocenters. The first kappa shape index (κ1) is 23.0. The summed E-state index contributed by atoms with van der Waals surface area (Å²) < 4.78 is 0. The summed E-state index contributed by atoms with van der Waals surface area (Å²) in [5.41, 5.74) is 14.8. The van der Waals surface area contributed by atoms with Crippen molar-refractivity contribution in [3.63, 3.8) is 0 Å². The first-order chi connectivity index (χ1) is 18.6. The number of aryl methyl sites for hydroxylation is 3. The lowest BCUT2D eigenvalue weighted by molar-refractivity contribution is 0.416. The standard InChI is InChI=1S/C38H32/c1-25-17-19-31-32-20-18-26(2)24-35(32)37(34(31)23-25)38(28-12-6-4-7-13-28,29-14-8-5-9-15-29)36-22-21-30-27(3)11-10-16-33(30)36/h4-24,36-37H,1-3H3. The molecule has 1 atom stereocenters. The Morgan fingerprint density at radius 1 is 0.526 bits per heavy atom. The van der Waals surface area contributed by atoms with Gasteiger partial charge in [-0.1, -0.05) is 139 Å². The summed E-state index contributed by atoms with van der Waals surface area (Å²) in [6, 6.07) is 43.6. The van der Waals surface area contributed by atoms with Gasteiger partial charge in [-0.25, -0.2) is 0 Å². The van der Waals surface area contributed by atoms with Crippen LogP contribution < -0.4 is 0 Å². The second-order valence-corrected chi connectivity index (χ2v) is 11.1. The summed E-state index contributed by atoms with van der Waals surface area (Å²) in [5.74, 6) is 0.352. The molecule has 0 radical (unpaired) electrons. The molecular formula is C38H32. The second-order valence-electron chi connectivity index (χ2n) is 11.1. The number of hydrogen-bond donors (Lipinski definition) is 0. The normalized spacial score (nSPS) is 15.8. The van der Waals surface area contributed by atoms with Gasteiger partial charge in [0.2, 0.25) is 0 Å². The van der Waals surface area contributed by atoms with E-state index in [1.54, 1.807) is 0 Å². The quantitative estimate of drug-likeness (QED) is 0.236. The van der Waals surface area contributed by atoms with Crippen LogP contribution in [0.3, 0.4) is 0 Å². The summed E-state index contributed by atoms with van der Waals surface area (Å²) in [6.07, 6.45) is 4.86. The molecule has 0 nitrogen and oxygen atoms in total. The lowest BCUT2D eigenvalue weighted by Gasteiger charge is -2.46. The van der Waals surface area contributed by atoms with E-state index in [2.05, 4.69) is 148 Å². The highest BCUT2D eigenvalue weighted by atomic mass is 14.5. The molecule has 0 N–H and O–H groups in total. The van der Waals surface area contributed by atoms with Crippen LogP contribution in [0.15, 0.2) is 121 Å². The van der Waals surface area contributed by atoms with Gasteiger partial charge in [-0.05, 0) is 70.8 Å². The van der Waals surface area contributed by atoms with Crippen LogP contribution in [0.4, 0.5) is 0 Å². The number of fused-ring (bicyclic) bond motifs is 4. The fraction of sp³-hybridized carbons (Fsp3) is 0.158. The van der Waals surface area contributed by atoms with Crippen molar-refractivity contribution in [2.24, 2.45) is 0 Å². The summed E-state index contributed by atoms with van der Waals surface area (Å²) in [7, 11) is 0. The largest absolute Gasteiger partial charge is 0.0751 e. The second kappa shape index (κ2) is 8.71. The monoisotopic (exact) mass is 488 g/mol. The third-order valence-corrected chi connectivity index (χ3v) is 8.92. The van der Waals surface area contributed by atoms with Gasteiger partial charge in [-0.2, -0.15) is 0 Å². The molecule has 2 aliphatic rings. The van der Waals surface area contributed by atoms with Crippen LogP contribution >= 0.6 is 0 Å². The fourth-order valence-corrected chi connectivity index (χ4v) is 7.35. The smallest absolute Gasteiger partial charge is 0.0415 e. The average Bonchev–Trinajstić information content (AvgIpc) is 3.51. The van der Waals surface area contributed by atoms with Gasteiger partial charge in [-0.3, -0.25) is 0 Å². The van der Waals surface area contributed by atoms with E-state index in [4.69, 9.17) is 0 Å². The lowest BCUT2D eigenvalue weighted by atomic mass is 9.55. The minimum Gasteiger partial charge on any atom is -0.0751 e. The van der Waals surface area contributed by atoms with E-state index < -0.39 is 0 Å². The number of hydrogen-bond acceptors (Lipinski definition) is 0. The van der Waals surface area contributed by atoms with Crippen LogP contribution in [0.1, 0.15) is 61.9 Å². The van der Waals surface area contributed by atoms with Crippen LogP contribution in [0, 0.1) is 20.8 Å².